The van der Waals surface area contributed by atoms with Crippen molar-refractivity contribution in [1.29, 1.82) is 0 Å². The standard InChI is InChI=1S/C18H13NO5/c1-23-16-7-3-5-13-11-17(24-18(13)16)15(20)9-8-12-4-2-6-14(10-12)19(21)22/h2-11H,1H3/b9-8+. The number of rotatable bonds is 5. The number of methoxy groups -OCH3 is 1. The quantitative estimate of drug-likeness (QED) is 0.303. The van der Waals surface area contributed by atoms with Crippen molar-refractivity contribution >= 4 is 28.5 Å². The minimum Gasteiger partial charge on any atom is -0.493 e. The second-order valence-corrected chi connectivity index (χ2v) is 5.04. The van der Waals surface area contributed by atoms with Crippen LogP contribution >= 0.6 is 0 Å². The first-order valence-corrected chi connectivity index (χ1v) is 7.12. The largest absolute Gasteiger partial charge is 0.493 e. The predicted octanol–water partition coefficient (Wildman–Crippen LogP) is 4.25. The Balaban J connectivity index is 1.87. The second kappa shape index (κ2) is 6.37. The summed E-state index contributed by atoms with van der Waals surface area (Å²) in [7, 11) is 1.53. The van der Waals surface area contributed by atoms with Crippen molar-refractivity contribution in [2.45, 2.75) is 0 Å². The number of ether oxygens (including phenoxy) is 1. The fourth-order valence-corrected chi connectivity index (χ4v) is 2.31. The fraction of sp³-hybridized carbons (Fsp3) is 0.0556. The third-order valence-electron chi connectivity index (χ3n) is 3.48. The van der Waals surface area contributed by atoms with Crippen molar-refractivity contribution in [3.63, 3.8) is 0 Å². The van der Waals surface area contributed by atoms with Crippen LogP contribution in [0.1, 0.15) is 16.1 Å². The molecule has 0 saturated carbocycles. The average Bonchev–Trinajstić information content (AvgIpc) is 3.04. The zero-order valence-electron chi connectivity index (χ0n) is 12.8. The molecule has 2 aromatic carbocycles. The molecule has 0 radical (unpaired) electrons. The average molecular weight is 323 g/mol. The first-order chi connectivity index (χ1) is 11.6. The van der Waals surface area contributed by atoms with E-state index in [-0.39, 0.29) is 17.2 Å². The topological polar surface area (TPSA) is 82.6 Å². The molecule has 0 aliphatic rings. The number of nitro benzene ring substituents is 1. The van der Waals surface area contributed by atoms with Crippen molar-refractivity contribution in [1.82, 2.24) is 0 Å². The summed E-state index contributed by atoms with van der Waals surface area (Å²) in [6.45, 7) is 0. The number of ketones is 1. The maximum atomic E-state index is 12.3. The van der Waals surface area contributed by atoms with Crippen LogP contribution in [0.2, 0.25) is 0 Å². The Bertz CT molecular complexity index is 955. The summed E-state index contributed by atoms with van der Waals surface area (Å²) >= 11 is 0. The Kier molecular flexibility index (Phi) is 4.11. The Morgan fingerprint density at radius 2 is 2.00 bits per heavy atom. The van der Waals surface area contributed by atoms with Gasteiger partial charge in [0.25, 0.3) is 5.69 Å². The van der Waals surface area contributed by atoms with Crippen LogP contribution in [0, 0.1) is 10.1 Å². The van der Waals surface area contributed by atoms with Gasteiger partial charge in [0.05, 0.1) is 12.0 Å². The smallest absolute Gasteiger partial charge is 0.270 e. The van der Waals surface area contributed by atoms with E-state index in [1.54, 1.807) is 24.3 Å². The number of hydrogen-bond donors (Lipinski definition) is 0. The van der Waals surface area contributed by atoms with Crippen LogP contribution in [0.3, 0.4) is 0 Å². The van der Waals surface area contributed by atoms with Crippen LogP contribution in [-0.4, -0.2) is 17.8 Å². The summed E-state index contributed by atoms with van der Waals surface area (Å²) in [5.41, 5.74) is 1.04. The molecule has 6 nitrogen and oxygen atoms in total. The van der Waals surface area contributed by atoms with E-state index in [0.717, 1.165) is 5.39 Å². The third kappa shape index (κ3) is 3.03. The highest BCUT2D eigenvalue weighted by Gasteiger charge is 2.13. The number of furan rings is 1. The molecule has 0 fully saturated rings. The summed E-state index contributed by atoms with van der Waals surface area (Å²) in [4.78, 5) is 22.5. The van der Waals surface area contributed by atoms with Crippen LogP contribution < -0.4 is 4.74 Å². The van der Waals surface area contributed by atoms with Crippen molar-refractivity contribution in [2.24, 2.45) is 0 Å². The van der Waals surface area contributed by atoms with Gasteiger partial charge in [0.1, 0.15) is 0 Å². The number of hydrogen-bond acceptors (Lipinski definition) is 5. The minimum absolute atomic E-state index is 0.0296. The Morgan fingerprint density at radius 3 is 2.75 bits per heavy atom. The molecule has 0 N–H and O–H groups in total. The summed E-state index contributed by atoms with van der Waals surface area (Å²) in [6, 6.07) is 13.0. The van der Waals surface area contributed by atoms with Crippen molar-refractivity contribution in [2.75, 3.05) is 7.11 Å². The number of fused-ring (bicyclic) bond motifs is 1. The minimum atomic E-state index is -0.481. The van der Waals surface area contributed by atoms with Gasteiger partial charge in [0.15, 0.2) is 17.1 Å². The Hall–Kier alpha value is -3.41. The van der Waals surface area contributed by atoms with E-state index in [0.29, 0.717) is 16.9 Å². The Labute approximate surface area is 137 Å². The van der Waals surface area contributed by atoms with Crippen LogP contribution in [0.4, 0.5) is 5.69 Å². The van der Waals surface area contributed by atoms with Gasteiger partial charge in [0.2, 0.25) is 5.78 Å². The molecule has 0 bridgehead atoms. The van der Waals surface area contributed by atoms with E-state index >= 15 is 0 Å². The summed E-state index contributed by atoms with van der Waals surface area (Å²) in [5, 5.41) is 11.5. The summed E-state index contributed by atoms with van der Waals surface area (Å²) in [6.07, 6.45) is 2.84. The Morgan fingerprint density at radius 1 is 1.21 bits per heavy atom. The number of allylic oxidation sites excluding steroid dienone is 1. The molecule has 0 amide bonds. The van der Waals surface area contributed by atoms with Gasteiger partial charge in [0, 0.05) is 17.5 Å². The maximum Gasteiger partial charge on any atom is 0.270 e. The molecule has 0 unspecified atom stereocenters. The van der Waals surface area contributed by atoms with Crippen LogP contribution in [0.25, 0.3) is 17.0 Å². The number of benzene rings is 2. The maximum absolute atomic E-state index is 12.3. The van der Waals surface area contributed by atoms with Gasteiger partial charge in [-0.3, -0.25) is 14.9 Å². The monoisotopic (exact) mass is 323 g/mol. The zero-order valence-corrected chi connectivity index (χ0v) is 12.8. The lowest BCUT2D eigenvalue weighted by molar-refractivity contribution is -0.384. The van der Waals surface area contributed by atoms with Gasteiger partial charge >= 0.3 is 0 Å². The number of nitro groups is 1. The molecule has 3 aromatic rings. The fourth-order valence-electron chi connectivity index (χ4n) is 2.31. The van der Waals surface area contributed by atoms with Gasteiger partial charge in [-0.25, -0.2) is 0 Å². The van der Waals surface area contributed by atoms with E-state index in [2.05, 4.69) is 0 Å². The number of carbonyl (C=O) groups excluding carboxylic acids is 1. The highest BCUT2D eigenvalue weighted by molar-refractivity contribution is 6.07. The lowest BCUT2D eigenvalue weighted by atomic mass is 10.1. The van der Waals surface area contributed by atoms with Crippen LogP contribution in [0.15, 0.2) is 59.0 Å². The molecule has 1 heterocycles. The summed E-state index contributed by atoms with van der Waals surface area (Å²) < 4.78 is 10.8. The molecule has 0 saturated heterocycles. The molecule has 6 heteroatoms. The first-order valence-electron chi connectivity index (χ1n) is 7.12. The molecule has 0 atom stereocenters. The normalized spacial score (nSPS) is 11.0. The molecule has 0 aliphatic heterocycles. The predicted molar refractivity (Wildman–Crippen MR) is 89.2 cm³/mol. The third-order valence-corrected chi connectivity index (χ3v) is 3.48. The van der Waals surface area contributed by atoms with Crippen LogP contribution in [0.5, 0.6) is 5.75 Å². The molecule has 120 valence electrons. The van der Waals surface area contributed by atoms with Gasteiger partial charge in [-0.15, -0.1) is 0 Å². The highest BCUT2D eigenvalue weighted by Crippen LogP contribution is 2.28. The van der Waals surface area contributed by atoms with Crippen LogP contribution in [-0.2, 0) is 0 Å². The number of nitrogens with zero attached hydrogens (tertiary/aromatic N) is 1. The zero-order chi connectivity index (χ0) is 17.1. The van der Waals surface area contributed by atoms with E-state index in [9.17, 15) is 14.9 Å². The number of carbonyl (C=O) groups is 1. The molecule has 1 aromatic heterocycles. The lowest BCUT2D eigenvalue weighted by Crippen LogP contribution is -1.91. The van der Waals surface area contributed by atoms with Crippen molar-refractivity contribution < 1.29 is 18.9 Å². The molecular weight excluding hydrogens is 310 g/mol. The van der Waals surface area contributed by atoms with E-state index < -0.39 is 4.92 Å². The molecular formula is C18H13NO5. The van der Waals surface area contributed by atoms with E-state index in [1.807, 2.05) is 12.1 Å². The SMILES string of the molecule is COc1cccc2cc(C(=O)/C=C/c3cccc([N+](=O)[O-])c3)oc12. The number of non-ortho nitro benzene ring substituents is 1. The van der Waals surface area contributed by atoms with Crippen molar-refractivity contribution in [3.05, 3.63) is 76.0 Å². The summed E-state index contributed by atoms with van der Waals surface area (Å²) in [5.74, 6) is 0.394. The van der Waals surface area contributed by atoms with Crippen molar-refractivity contribution in [3.8, 4) is 5.75 Å². The molecule has 3 rings (SSSR count). The van der Waals surface area contributed by atoms with Gasteiger partial charge in [-0.2, -0.15) is 0 Å². The molecule has 0 aliphatic carbocycles. The number of para-hydroxylation sites is 1. The molecule has 0 spiro atoms. The van der Waals surface area contributed by atoms with Gasteiger partial charge in [-0.05, 0) is 23.8 Å². The second-order valence-electron chi connectivity index (χ2n) is 5.04. The highest BCUT2D eigenvalue weighted by atomic mass is 16.6. The van der Waals surface area contributed by atoms with E-state index in [4.69, 9.17) is 9.15 Å². The molecule has 24 heavy (non-hydrogen) atoms. The van der Waals surface area contributed by atoms with Gasteiger partial charge in [-0.1, -0.05) is 30.3 Å². The van der Waals surface area contributed by atoms with Gasteiger partial charge < -0.3 is 9.15 Å². The lowest BCUT2D eigenvalue weighted by Gasteiger charge is -1.98. The first kappa shape index (κ1) is 15.5. The van der Waals surface area contributed by atoms with E-state index in [1.165, 1.54) is 31.4 Å².